The number of Topliss-reactive ketones (excluding diaryl/α,β-unsaturated/α-hetero) is 1. The molecule has 1 aromatic heterocycles. The minimum absolute atomic E-state index is 0.0811. The van der Waals surface area contributed by atoms with Crippen LogP contribution in [0, 0.1) is 33.5 Å². The quantitative estimate of drug-likeness (QED) is 0.567. The van der Waals surface area contributed by atoms with Crippen LogP contribution in [0.2, 0.25) is 0 Å². The number of methoxy groups -OCH3 is 1. The number of ether oxygens (including phenoxy) is 2. The van der Waals surface area contributed by atoms with Gasteiger partial charge in [0.15, 0.2) is 11.5 Å². The molecule has 0 fully saturated rings. The molecule has 0 radical (unpaired) electrons. The van der Waals surface area contributed by atoms with Gasteiger partial charge in [-0.25, -0.2) is 0 Å². The molecule has 7 nitrogen and oxygen atoms in total. The van der Waals surface area contributed by atoms with E-state index in [1.54, 1.807) is 0 Å². The van der Waals surface area contributed by atoms with Crippen LogP contribution in [-0.4, -0.2) is 35.7 Å². The summed E-state index contributed by atoms with van der Waals surface area (Å²) in [7, 11) is 2.65. The van der Waals surface area contributed by atoms with E-state index in [9.17, 15) is 9.18 Å². The van der Waals surface area contributed by atoms with Crippen LogP contribution >= 0.6 is 0 Å². The third-order valence-electron chi connectivity index (χ3n) is 4.50. The van der Waals surface area contributed by atoms with E-state index >= 15 is 0 Å². The van der Waals surface area contributed by atoms with Crippen LogP contribution in [0.4, 0.5) is 4.39 Å². The fraction of sp³-hybridized carbons (Fsp3) is 0.368. The molecule has 0 unspecified atom stereocenters. The number of oxime groups is 1. The van der Waals surface area contributed by atoms with Crippen LogP contribution in [-0.2, 0) is 9.63 Å². The highest BCUT2D eigenvalue weighted by Crippen LogP contribution is 2.37. The number of hydrogen-bond donors (Lipinski definition) is 0. The maximum atomic E-state index is 14.5. The number of halogens is 1. The van der Waals surface area contributed by atoms with Crippen molar-refractivity contribution >= 4 is 11.5 Å². The first-order valence-electron chi connectivity index (χ1n) is 8.19. The zero-order valence-corrected chi connectivity index (χ0v) is 16.4. The van der Waals surface area contributed by atoms with E-state index in [2.05, 4.69) is 15.1 Å². The van der Waals surface area contributed by atoms with E-state index in [1.807, 2.05) is 27.7 Å². The predicted molar refractivity (Wildman–Crippen MR) is 98.2 cm³/mol. The topological polar surface area (TPSA) is 82.9 Å². The molecule has 1 aromatic carbocycles. The summed E-state index contributed by atoms with van der Waals surface area (Å²) in [5.74, 6) is -1.42. The molecule has 0 aliphatic heterocycles. The van der Waals surface area contributed by atoms with Gasteiger partial charge in [0.2, 0.25) is 5.82 Å². The smallest absolute Gasteiger partial charge is 0.263 e. The third kappa shape index (κ3) is 3.74. The minimum Gasteiger partial charge on any atom is -0.479 e. The molecule has 0 amide bonds. The van der Waals surface area contributed by atoms with Crippen molar-refractivity contribution in [3.63, 3.8) is 0 Å². The van der Waals surface area contributed by atoms with Crippen LogP contribution < -0.4 is 9.47 Å². The molecule has 0 atom stereocenters. The Labute approximate surface area is 157 Å². The Hall–Kier alpha value is -3.03. The first kappa shape index (κ1) is 20.3. The van der Waals surface area contributed by atoms with Crippen molar-refractivity contribution in [3.8, 4) is 17.5 Å². The lowest BCUT2D eigenvalue weighted by Crippen LogP contribution is -2.17. The summed E-state index contributed by atoms with van der Waals surface area (Å²) in [5, 5.41) is 3.86. The third-order valence-corrected chi connectivity index (χ3v) is 4.50. The molecular formula is C19H22FN3O4. The molecule has 2 aromatic rings. The number of ketones is 1. The van der Waals surface area contributed by atoms with Gasteiger partial charge >= 0.3 is 0 Å². The molecule has 144 valence electrons. The lowest BCUT2D eigenvalue weighted by molar-refractivity contribution is -0.111. The van der Waals surface area contributed by atoms with Gasteiger partial charge in [-0.3, -0.25) is 4.79 Å². The van der Waals surface area contributed by atoms with Crippen LogP contribution in [0.1, 0.15) is 34.7 Å². The number of carbonyl (C=O) groups is 1. The van der Waals surface area contributed by atoms with Gasteiger partial charge in [-0.05, 0) is 49.9 Å². The van der Waals surface area contributed by atoms with Gasteiger partial charge in [-0.1, -0.05) is 5.16 Å². The average Bonchev–Trinajstić information content (AvgIpc) is 2.64. The van der Waals surface area contributed by atoms with Crippen LogP contribution in [0.3, 0.4) is 0 Å². The first-order valence-corrected chi connectivity index (χ1v) is 8.19. The van der Waals surface area contributed by atoms with Crippen molar-refractivity contribution in [1.29, 1.82) is 0 Å². The lowest BCUT2D eigenvalue weighted by atomic mass is 9.90. The fourth-order valence-corrected chi connectivity index (χ4v) is 2.72. The Morgan fingerprint density at radius 1 is 1.00 bits per heavy atom. The summed E-state index contributed by atoms with van der Waals surface area (Å²) >= 11 is 0. The zero-order valence-electron chi connectivity index (χ0n) is 16.4. The Morgan fingerprint density at radius 2 is 1.59 bits per heavy atom. The second-order valence-corrected chi connectivity index (χ2v) is 5.99. The second-order valence-electron chi connectivity index (χ2n) is 5.99. The van der Waals surface area contributed by atoms with E-state index in [4.69, 9.17) is 14.3 Å². The summed E-state index contributed by atoms with van der Waals surface area (Å²) in [6.45, 7) is 8.90. The van der Waals surface area contributed by atoms with Crippen molar-refractivity contribution in [2.24, 2.45) is 5.16 Å². The van der Waals surface area contributed by atoms with Crippen molar-refractivity contribution in [1.82, 2.24) is 9.97 Å². The first-order chi connectivity index (χ1) is 12.7. The number of aromatic nitrogens is 2. The van der Waals surface area contributed by atoms with Gasteiger partial charge in [-0.2, -0.15) is 14.4 Å². The van der Waals surface area contributed by atoms with E-state index in [0.29, 0.717) is 5.56 Å². The Kier molecular flexibility index (Phi) is 6.09. The standard InChI is InChI=1S/C19H22FN3O4/c1-9-10(2)12(4)17(14(11(9)3)16(13(5)24)23-26-7)27-19-15(20)18(25-6)21-8-22-19/h8H,1-7H3. The number of nitrogens with zero attached hydrogens (tertiary/aromatic N) is 3. The Bertz CT molecular complexity index is 926. The average molecular weight is 375 g/mol. The molecule has 0 saturated carbocycles. The predicted octanol–water partition coefficient (Wildman–Crippen LogP) is 3.59. The summed E-state index contributed by atoms with van der Waals surface area (Å²) in [6.07, 6.45) is 1.13. The normalized spacial score (nSPS) is 11.3. The van der Waals surface area contributed by atoms with E-state index in [1.165, 1.54) is 21.1 Å². The second kappa shape index (κ2) is 8.11. The van der Waals surface area contributed by atoms with E-state index in [0.717, 1.165) is 28.6 Å². The summed E-state index contributed by atoms with van der Waals surface area (Å²) in [6, 6.07) is 0. The molecule has 0 bridgehead atoms. The molecule has 1 heterocycles. The van der Waals surface area contributed by atoms with Gasteiger partial charge in [-0.15, -0.1) is 0 Å². The van der Waals surface area contributed by atoms with Crippen molar-refractivity contribution in [2.45, 2.75) is 34.6 Å². The lowest BCUT2D eigenvalue weighted by Gasteiger charge is -2.20. The molecule has 0 saturated heterocycles. The molecule has 2 rings (SSSR count). The van der Waals surface area contributed by atoms with Gasteiger partial charge in [0.25, 0.3) is 11.8 Å². The fourth-order valence-electron chi connectivity index (χ4n) is 2.72. The maximum Gasteiger partial charge on any atom is 0.263 e. The van der Waals surface area contributed by atoms with E-state index < -0.39 is 5.82 Å². The van der Waals surface area contributed by atoms with Crippen molar-refractivity contribution < 1.29 is 23.5 Å². The van der Waals surface area contributed by atoms with Crippen molar-refractivity contribution in [2.75, 3.05) is 14.2 Å². The van der Waals surface area contributed by atoms with Gasteiger partial charge in [0, 0.05) is 6.92 Å². The summed E-state index contributed by atoms with van der Waals surface area (Å²) in [4.78, 5) is 24.6. The molecule has 0 aliphatic carbocycles. The monoisotopic (exact) mass is 375 g/mol. The molecule has 0 spiro atoms. The van der Waals surface area contributed by atoms with Crippen LogP contribution in [0.5, 0.6) is 17.5 Å². The molecule has 0 aliphatic rings. The highest BCUT2D eigenvalue weighted by atomic mass is 19.1. The van der Waals surface area contributed by atoms with Gasteiger partial charge in [0.1, 0.15) is 19.2 Å². The number of carbonyl (C=O) groups excluding carboxylic acids is 1. The number of hydrogen-bond acceptors (Lipinski definition) is 7. The number of rotatable bonds is 6. The van der Waals surface area contributed by atoms with E-state index in [-0.39, 0.29) is 29.0 Å². The maximum absolute atomic E-state index is 14.5. The Balaban J connectivity index is 2.79. The van der Waals surface area contributed by atoms with Gasteiger partial charge in [0.05, 0.1) is 12.7 Å². The molecule has 8 heteroatoms. The van der Waals surface area contributed by atoms with Crippen LogP contribution in [0.25, 0.3) is 0 Å². The van der Waals surface area contributed by atoms with Gasteiger partial charge < -0.3 is 14.3 Å². The highest BCUT2D eigenvalue weighted by Gasteiger charge is 2.26. The number of benzene rings is 1. The summed E-state index contributed by atoms with van der Waals surface area (Å²) in [5.41, 5.74) is 3.95. The molecule has 0 N–H and O–H groups in total. The minimum atomic E-state index is -0.839. The molecular weight excluding hydrogens is 353 g/mol. The SMILES string of the molecule is CON=C(C(C)=O)c1c(C)c(C)c(C)c(C)c1Oc1ncnc(OC)c1F. The summed E-state index contributed by atoms with van der Waals surface area (Å²) < 4.78 is 25.2. The Morgan fingerprint density at radius 3 is 2.15 bits per heavy atom. The van der Waals surface area contributed by atoms with Crippen LogP contribution in [0.15, 0.2) is 11.5 Å². The zero-order chi connectivity index (χ0) is 20.3. The largest absolute Gasteiger partial charge is 0.479 e. The molecule has 27 heavy (non-hydrogen) atoms. The van der Waals surface area contributed by atoms with Crippen molar-refractivity contribution in [3.05, 3.63) is 40.0 Å². The highest BCUT2D eigenvalue weighted by molar-refractivity contribution is 6.46.